The van der Waals surface area contributed by atoms with Crippen LogP contribution >= 0.6 is 11.6 Å². The number of hydrogen-bond donors (Lipinski definition) is 1. The monoisotopic (exact) mass is 240 g/mol. The summed E-state index contributed by atoms with van der Waals surface area (Å²) in [5.41, 5.74) is 4.88. The Bertz CT molecular complexity index is 322. The van der Waals surface area contributed by atoms with Gasteiger partial charge in [-0.2, -0.15) is 0 Å². The summed E-state index contributed by atoms with van der Waals surface area (Å²) >= 11 is 5.77. The molecule has 1 N–H and O–H groups in total. The van der Waals surface area contributed by atoms with Crippen LogP contribution in [-0.2, 0) is 19.3 Å². The first-order chi connectivity index (χ1) is 7.67. The molecule has 0 fully saturated rings. The van der Waals surface area contributed by atoms with Gasteiger partial charge in [0.25, 0.3) is 0 Å². The van der Waals surface area contributed by atoms with Crippen LogP contribution in [0.3, 0.4) is 0 Å². The van der Waals surface area contributed by atoms with Crippen molar-refractivity contribution < 1.29 is 5.11 Å². The molecule has 0 aliphatic heterocycles. The number of halogens is 1. The van der Waals surface area contributed by atoms with Gasteiger partial charge in [0.05, 0.1) is 12.0 Å². The molecule has 0 aliphatic carbocycles. The van der Waals surface area contributed by atoms with Gasteiger partial charge in [0, 0.05) is 0 Å². The van der Waals surface area contributed by atoms with Gasteiger partial charge in [-0.1, -0.05) is 32.9 Å². The first-order valence-corrected chi connectivity index (χ1v) is 6.59. The van der Waals surface area contributed by atoms with E-state index in [9.17, 15) is 5.11 Å². The van der Waals surface area contributed by atoms with Crippen LogP contribution < -0.4 is 0 Å². The van der Waals surface area contributed by atoms with E-state index in [1.807, 2.05) is 0 Å². The third kappa shape index (κ3) is 2.78. The van der Waals surface area contributed by atoms with E-state index >= 15 is 0 Å². The molecule has 16 heavy (non-hydrogen) atoms. The molecule has 0 saturated carbocycles. The predicted octanol–water partition coefficient (Wildman–Crippen LogP) is 3.65. The summed E-state index contributed by atoms with van der Waals surface area (Å²) < 4.78 is 0. The summed E-state index contributed by atoms with van der Waals surface area (Å²) in [7, 11) is 0. The van der Waals surface area contributed by atoms with Crippen LogP contribution in [0.15, 0.2) is 12.1 Å². The highest BCUT2D eigenvalue weighted by molar-refractivity contribution is 6.18. The smallest absolute Gasteiger partial charge is 0.0930 e. The van der Waals surface area contributed by atoms with Crippen LogP contribution in [0.2, 0.25) is 0 Å². The summed E-state index contributed by atoms with van der Waals surface area (Å²) in [5, 5.41) is 9.98. The highest BCUT2D eigenvalue weighted by Crippen LogP contribution is 2.26. The third-order valence-electron chi connectivity index (χ3n) is 3.06. The molecule has 0 aromatic heterocycles. The Hall–Kier alpha value is -0.530. The van der Waals surface area contributed by atoms with Crippen LogP contribution in [0.1, 0.15) is 49.1 Å². The number of alkyl halides is 1. The molecule has 0 radical (unpaired) electrons. The molecule has 0 bridgehead atoms. The molecule has 1 atom stereocenters. The SMILES string of the molecule is CCc1cc(CC)c(C(O)CCl)c(CC)c1. The maximum Gasteiger partial charge on any atom is 0.0930 e. The van der Waals surface area contributed by atoms with E-state index in [1.54, 1.807) is 0 Å². The highest BCUT2D eigenvalue weighted by atomic mass is 35.5. The van der Waals surface area contributed by atoms with E-state index in [0.29, 0.717) is 0 Å². The fourth-order valence-electron chi connectivity index (χ4n) is 2.15. The number of benzene rings is 1. The average Bonchev–Trinajstić information content (AvgIpc) is 2.35. The Balaban J connectivity index is 3.31. The quantitative estimate of drug-likeness (QED) is 0.779. The van der Waals surface area contributed by atoms with E-state index < -0.39 is 6.10 Å². The van der Waals surface area contributed by atoms with Crippen molar-refractivity contribution in [2.75, 3.05) is 5.88 Å². The topological polar surface area (TPSA) is 20.2 Å². The molecule has 1 rings (SSSR count). The lowest BCUT2D eigenvalue weighted by molar-refractivity contribution is 0.200. The molecule has 0 amide bonds. The summed E-state index contributed by atoms with van der Waals surface area (Å²) in [6.45, 7) is 6.41. The van der Waals surface area contributed by atoms with Crippen LogP contribution in [0.25, 0.3) is 0 Å². The number of aryl methyl sites for hydroxylation is 3. The van der Waals surface area contributed by atoms with Crippen molar-refractivity contribution in [3.8, 4) is 0 Å². The lowest BCUT2D eigenvalue weighted by atomic mass is 9.91. The second-order valence-corrected chi connectivity index (χ2v) is 4.37. The second kappa shape index (κ2) is 6.27. The molecule has 1 unspecified atom stereocenters. The minimum absolute atomic E-state index is 0.269. The van der Waals surface area contributed by atoms with Gasteiger partial charge in [0.2, 0.25) is 0 Å². The van der Waals surface area contributed by atoms with Crippen molar-refractivity contribution in [2.45, 2.75) is 46.1 Å². The predicted molar refractivity (Wildman–Crippen MR) is 70.3 cm³/mol. The Morgan fingerprint density at radius 2 is 1.56 bits per heavy atom. The Morgan fingerprint density at radius 1 is 1.06 bits per heavy atom. The first-order valence-electron chi connectivity index (χ1n) is 6.06. The molecule has 0 aliphatic rings. The first kappa shape index (κ1) is 13.5. The Morgan fingerprint density at radius 3 is 1.88 bits per heavy atom. The minimum Gasteiger partial charge on any atom is -0.387 e. The van der Waals surface area contributed by atoms with Gasteiger partial charge in [-0.15, -0.1) is 11.6 Å². The van der Waals surface area contributed by atoms with Crippen molar-refractivity contribution in [3.05, 3.63) is 34.4 Å². The number of aliphatic hydroxyl groups excluding tert-OH is 1. The average molecular weight is 241 g/mol. The summed E-state index contributed by atoms with van der Waals surface area (Å²) in [4.78, 5) is 0. The Kier molecular flexibility index (Phi) is 5.30. The van der Waals surface area contributed by atoms with E-state index in [4.69, 9.17) is 11.6 Å². The largest absolute Gasteiger partial charge is 0.387 e. The summed E-state index contributed by atoms with van der Waals surface area (Å²) in [6.07, 6.45) is 2.41. The van der Waals surface area contributed by atoms with Crippen molar-refractivity contribution >= 4 is 11.6 Å². The lowest BCUT2D eigenvalue weighted by Crippen LogP contribution is -2.08. The van der Waals surface area contributed by atoms with Gasteiger partial charge < -0.3 is 5.11 Å². The zero-order valence-electron chi connectivity index (χ0n) is 10.4. The molecule has 1 aromatic carbocycles. The summed E-state index contributed by atoms with van der Waals surface area (Å²) in [5.74, 6) is 0.269. The van der Waals surface area contributed by atoms with Crippen molar-refractivity contribution in [1.29, 1.82) is 0 Å². The number of hydrogen-bond acceptors (Lipinski definition) is 1. The van der Waals surface area contributed by atoms with Gasteiger partial charge in [0.15, 0.2) is 0 Å². The highest BCUT2D eigenvalue weighted by Gasteiger charge is 2.15. The standard InChI is InChI=1S/C14H21ClO/c1-4-10-7-11(5-2)14(13(16)9-15)12(6-3)8-10/h7-8,13,16H,4-6,9H2,1-3H3. The third-order valence-corrected chi connectivity index (χ3v) is 3.35. The minimum atomic E-state index is -0.530. The zero-order valence-corrected chi connectivity index (χ0v) is 11.1. The molecule has 1 aromatic rings. The zero-order chi connectivity index (χ0) is 12.1. The van der Waals surface area contributed by atoms with Crippen LogP contribution in [-0.4, -0.2) is 11.0 Å². The van der Waals surface area contributed by atoms with E-state index in [2.05, 4.69) is 32.9 Å². The van der Waals surface area contributed by atoms with Gasteiger partial charge >= 0.3 is 0 Å². The normalized spacial score (nSPS) is 12.8. The lowest BCUT2D eigenvalue weighted by Gasteiger charge is -2.18. The maximum atomic E-state index is 9.98. The molecular weight excluding hydrogens is 220 g/mol. The van der Waals surface area contributed by atoms with E-state index in [0.717, 1.165) is 24.8 Å². The van der Waals surface area contributed by atoms with E-state index in [-0.39, 0.29) is 5.88 Å². The van der Waals surface area contributed by atoms with Gasteiger partial charge in [-0.3, -0.25) is 0 Å². The van der Waals surface area contributed by atoms with Gasteiger partial charge in [0.1, 0.15) is 0 Å². The molecule has 0 saturated heterocycles. The molecule has 0 spiro atoms. The molecule has 90 valence electrons. The molecular formula is C14H21ClO. The van der Waals surface area contributed by atoms with Crippen LogP contribution in [0.5, 0.6) is 0 Å². The number of aliphatic hydroxyl groups is 1. The number of rotatable bonds is 5. The van der Waals surface area contributed by atoms with Gasteiger partial charge in [-0.05, 0) is 41.5 Å². The Labute approximate surface area is 103 Å². The van der Waals surface area contributed by atoms with Crippen molar-refractivity contribution in [1.82, 2.24) is 0 Å². The second-order valence-electron chi connectivity index (χ2n) is 4.06. The molecule has 1 nitrogen and oxygen atoms in total. The summed E-state index contributed by atoms with van der Waals surface area (Å²) in [6, 6.07) is 4.40. The van der Waals surface area contributed by atoms with E-state index in [1.165, 1.54) is 16.7 Å². The van der Waals surface area contributed by atoms with Crippen molar-refractivity contribution in [2.24, 2.45) is 0 Å². The fourth-order valence-corrected chi connectivity index (χ4v) is 2.30. The molecule has 2 heteroatoms. The van der Waals surface area contributed by atoms with Gasteiger partial charge in [-0.25, -0.2) is 0 Å². The fraction of sp³-hybridized carbons (Fsp3) is 0.571. The van der Waals surface area contributed by atoms with Crippen LogP contribution in [0.4, 0.5) is 0 Å². The van der Waals surface area contributed by atoms with Crippen LogP contribution in [0, 0.1) is 0 Å². The molecule has 0 heterocycles. The maximum absolute atomic E-state index is 9.98. The van der Waals surface area contributed by atoms with Crippen molar-refractivity contribution in [3.63, 3.8) is 0 Å².